The summed E-state index contributed by atoms with van der Waals surface area (Å²) in [6.45, 7) is 2.61. The molecular formula is C18H16FN3O2. The van der Waals surface area contributed by atoms with Gasteiger partial charge < -0.3 is 10.1 Å². The van der Waals surface area contributed by atoms with Crippen molar-refractivity contribution in [1.29, 1.82) is 0 Å². The minimum Gasteiger partial charge on any atom is -0.465 e. The molecule has 3 aromatic rings. The second-order valence-electron chi connectivity index (χ2n) is 5.15. The maximum Gasteiger partial charge on any atom is 0.337 e. The molecule has 0 atom stereocenters. The fraction of sp³-hybridized carbons (Fsp3) is 0.167. The number of aromatic nitrogens is 2. The average molecular weight is 325 g/mol. The van der Waals surface area contributed by atoms with E-state index in [0.29, 0.717) is 34.7 Å². The van der Waals surface area contributed by atoms with Gasteiger partial charge in [0, 0.05) is 12.1 Å². The summed E-state index contributed by atoms with van der Waals surface area (Å²) in [5, 5.41) is 3.16. The van der Waals surface area contributed by atoms with Crippen molar-refractivity contribution in [1.82, 2.24) is 9.97 Å². The zero-order chi connectivity index (χ0) is 17.1. The van der Waals surface area contributed by atoms with Crippen LogP contribution in [0, 0.1) is 5.82 Å². The van der Waals surface area contributed by atoms with Crippen molar-refractivity contribution in [2.45, 2.75) is 6.92 Å². The highest BCUT2D eigenvalue weighted by atomic mass is 19.1. The Morgan fingerprint density at radius 3 is 2.54 bits per heavy atom. The van der Waals surface area contributed by atoms with Crippen molar-refractivity contribution >= 4 is 22.8 Å². The number of ether oxygens (including phenoxy) is 1. The van der Waals surface area contributed by atoms with E-state index < -0.39 is 5.97 Å². The molecule has 3 rings (SSSR count). The number of nitrogens with one attached hydrogen (secondary N) is 1. The first-order valence-electron chi connectivity index (χ1n) is 7.52. The third-order valence-corrected chi connectivity index (χ3v) is 3.55. The number of carbonyl (C=O) groups is 1. The molecule has 0 aliphatic heterocycles. The lowest BCUT2D eigenvalue weighted by Crippen LogP contribution is -2.05. The van der Waals surface area contributed by atoms with Gasteiger partial charge in [0.2, 0.25) is 0 Å². The highest BCUT2D eigenvalue weighted by molar-refractivity contribution is 5.94. The lowest BCUT2D eigenvalue weighted by Gasteiger charge is -2.11. The average Bonchev–Trinajstić information content (AvgIpc) is 2.61. The standard InChI is InChI=1S/C18H16FN3O2/c1-3-20-17-16(11-4-7-13(19)8-5-11)21-14-9-6-12(18(23)24-2)10-15(14)22-17/h4-10H,3H2,1-2H3,(H,20,22). The number of nitrogens with zero attached hydrogens (tertiary/aromatic N) is 2. The number of methoxy groups -OCH3 is 1. The van der Waals surface area contributed by atoms with Crippen molar-refractivity contribution in [2.24, 2.45) is 0 Å². The van der Waals surface area contributed by atoms with E-state index in [9.17, 15) is 9.18 Å². The molecular weight excluding hydrogens is 309 g/mol. The van der Waals surface area contributed by atoms with Crippen LogP contribution in [0.25, 0.3) is 22.3 Å². The van der Waals surface area contributed by atoms with Gasteiger partial charge in [0.1, 0.15) is 11.5 Å². The van der Waals surface area contributed by atoms with E-state index in [2.05, 4.69) is 15.3 Å². The van der Waals surface area contributed by atoms with Crippen LogP contribution in [0.4, 0.5) is 10.2 Å². The molecule has 0 bridgehead atoms. The van der Waals surface area contributed by atoms with Crippen LogP contribution in [0.1, 0.15) is 17.3 Å². The van der Waals surface area contributed by atoms with E-state index in [1.165, 1.54) is 19.2 Å². The molecule has 0 saturated heterocycles. The van der Waals surface area contributed by atoms with E-state index in [0.717, 1.165) is 5.56 Å². The van der Waals surface area contributed by atoms with Crippen LogP contribution in [0.2, 0.25) is 0 Å². The predicted octanol–water partition coefficient (Wildman–Crippen LogP) is 3.65. The van der Waals surface area contributed by atoms with E-state index in [1.54, 1.807) is 30.3 Å². The molecule has 6 heteroatoms. The summed E-state index contributed by atoms with van der Waals surface area (Å²) in [6, 6.07) is 11.1. The van der Waals surface area contributed by atoms with Gasteiger partial charge in [-0.05, 0) is 49.4 Å². The Morgan fingerprint density at radius 2 is 1.88 bits per heavy atom. The molecule has 0 spiro atoms. The lowest BCUT2D eigenvalue weighted by atomic mass is 10.1. The van der Waals surface area contributed by atoms with Gasteiger partial charge in [0.25, 0.3) is 0 Å². The van der Waals surface area contributed by atoms with Crippen molar-refractivity contribution in [3.63, 3.8) is 0 Å². The van der Waals surface area contributed by atoms with Gasteiger partial charge in [0.15, 0.2) is 5.82 Å². The van der Waals surface area contributed by atoms with Crippen molar-refractivity contribution in [2.75, 3.05) is 19.0 Å². The number of benzene rings is 2. The molecule has 1 heterocycles. The SMILES string of the molecule is CCNc1nc2cc(C(=O)OC)ccc2nc1-c1ccc(F)cc1. The van der Waals surface area contributed by atoms with Crippen LogP contribution < -0.4 is 5.32 Å². The summed E-state index contributed by atoms with van der Waals surface area (Å²) in [6.07, 6.45) is 0. The molecule has 0 amide bonds. The number of hydrogen-bond donors (Lipinski definition) is 1. The van der Waals surface area contributed by atoms with Crippen LogP contribution in [0.3, 0.4) is 0 Å². The second-order valence-corrected chi connectivity index (χ2v) is 5.15. The molecule has 0 radical (unpaired) electrons. The maximum atomic E-state index is 13.2. The molecule has 2 aromatic carbocycles. The Labute approximate surface area is 138 Å². The van der Waals surface area contributed by atoms with Crippen molar-refractivity contribution < 1.29 is 13.9 Å². The second kappa shape index (κ2) is 6.62. The first kappa shape index (κ1) is 15.9. The van der Waals surface area contributed by atoms with E-state index in [1.807, 2.05) is 6.92 Å². The van der Waals surface area contributed by atoms with Gasteiger partial charge >= 0.3 is 5.97 Å². The Kier molecular flexibility index (Phi) is 4.37. The molecule has 122 valence electrons. The molecule has 0 unspecified atom stereocenters. The maximum absolute atomic E-state index is 13.2. The molecule has 1 aromatic heterocycles. The number of fused-ring (bicyclic) bond motifs is 1. The number of anilines is 1. The fourth-order valence-electron chi connectivity index (χ4n) is 2.40. The first-order chi connectivity index (χ1) is 11.6. The largest absolute Gasteiger partial charge is 0.465 e. The Hall–Kier alpha value is -3.02. The van der Waals surface area contributed by atoms with Crippen molar-refractivity contribution in [3.05, 3.63) is 53.8 Å². The van der Waals surface area contributed by atoms with Gasteiger partial charge in [-0.3, -0.25) is 0 Å². The highest BCUT2D eigenvalue weighted by Crippen LogP contribution is 2.27. The van der Waals surface area contributed by atoms with Gasteiger partial charge in [-0.25, -0.2) is 19.2 Å². The number of halogens is 1. The number of carbonyl (C=O) groups excluding carboxylic acids is 1. The zero-order valence-corrected chi connectivity index (χ0v) is 13.3. The number of esters is 1. The predicted molar refractivity (Wildman–Crippen MR) is 90.4 cm³/mol. The smallest absolute Gasteiger partial charge is 0.337 e. The third kappa shape index (κ3) is 3.03. The van der Waals surface area contributed by atoms with Gasteiger partial charge in [-0.1, -0.05) is 0 Å². The Bertz CT molecular complexity index is 895. The summed E-state index contributed by atoms with van der Waals surface area (Å²) in [4.78, 5) is 20.9. The summed E-state index contributed by atoms with van der Waals surface area (Å²) in [5.74, 6) is -0.148. The van der Waals surface area contributed by atoms with Gasteiger partial charge in [0.05, 0.1) is 23.7 Å². The minimum atomic E-state index is -0.425. The fourth-order valence-corrected chi connectivity index (χ4v) is 2.40. The highest BCUT2D eigenvalue weighted by Gasteiger charge is 2.13. The summed E-state index contributed by atoms with van der Waals surface area (Å²) in [5.41, 5.74) is 3.04. The number of hydrogen-bond acceptors (Lipinski definition) is 5. The quantitative estimate of drug-likeness (QED) is 0.742. The first-order valence-corrected chi connectivity index (χ1v) is 7.52. The summed E-state index contributed by atoms with van der Waals surface area (Å²) < 4.78 is 17.9. The topological polar surface area (TPSA) is 64.1 Å². The van der Waals surface area contributed by atoms with Crippen LogP contribution >= 0.6 is 0 Å². The van der Waals surface area contributed by atoms with Gasteiger partial charge in [-0.2, -0.15) is 0 Å². The normalized spacial score (nSPS) is 10.6. The Morgan fingerprint density at radius 1 is 1.12 bits per heavy atom. The minimum absolute atomic E-state index is 0.305. The van der Waals surface area contributed by atoms with Crippen LogP contribution in [0.5, 0.6) is 0 Å². The van der Waals surface area contributed by atoms with Crippen LogP contribution in [0.15, 0.2) is 42.5 Å². The molecule has 0 aliphatic carbocycles. The van der Waals surface area contributed by atoms with Crippen LogP contribution in [-0.2, 0) is 4.74 Å². The molecule has 0 fully saturated rings. The summed E-state index contributed by atoms with van der Waals surface area (Å²) in [7, 11) is 1.33. The third-order valence-electron chi connectivity index (χ3n) is 3.55. The van der Waals surface area contributed by atoms with Crippen LogP contribution in [-0.4, -0.2) is 29.6 Å². The molecule has 0 saturated carbocycles. The molecule has 1 N–H and O–H groups in total. The summed E-state index contributed by atoms with van der Waals surface area (Å²) >= 11 is 0. The van der Waals surface area contributed by atoms with E-state index >= 15 is 0 Å². The monoisotopic (exact) mass is 325 g/mol. The Balaban J connectivity index is 2.16. The van der Waals surface area contributed by atoms with Gasteiger partial charge in [-0.15, -0.1) is 0 Å². The lowest BCUT2D eigenvalue weighted by molar-refractivity contribution is 0.0601. The molecule has 5 nitrogen and oxygen atoms in total. The molecule has 0 aliphatic rings. The van der Waals surface area contributed by atoms with E-state index in [4.69, 9.17) is 4.74 Å². The number of rotatable bonds is 4. The van der Waals surface area contributed by atoms with Crippen molar-refractivity contribution in [3.8, 4) is 11.3 Å². The zero-order valence-electron chi connectivity index (χ0n) is 13.3. The molecule has 24 heavy (non-hydrogen) atoms. The van der Waals surface area contributed by atoms with E-state index in [-0.39, 0.29) is 5.82 Å².